The van der Waals surface area contributed by atoms with Gasteiger partial charge in [-0.1, -0.05) is 30.4 Å². The monoisotopic (exact) mass is 333 g/mol. The molecule has 3 rings (SSSR count). The van der Waals surface area contributed by atoms with E-state index in [1.807, 2.05) is 67.1 Å². The highest BCUT2D eigenvalue weighted by Gasteiger charge is 2.06. The summed E-state index contributed by atoms with van der Waals surface area (Å²) in [5, 5.41) is 4.02. The number of benzene rings is 2. The van der Waals surface area contributed by atoms with Gasteiger partial charge in [0.15, 0.2) is 0 Å². The van der Waals surface area contributed by atoms with Gasteiger partial charge in [-0.2, -0.15) is 0 Å². The van der Waals surface area contributed by atoms with Crippen molar-refractivity contribution in [2.45, 2.75) is 13.8 Å². The maximum Gasteiger partial charge on any atom is 0.139 e. The second kappa shape index (κ2) is 7.18. The normalized spacial score (nSPS) is 12.0. The van der Waals surface area contributed by atoms with Crippen molar-refractivity contribution in [3.05, 3.63) is 90.7 Å². The number of anilines is 1. The minimum atomic E-state index is -0.250. The standard InChI is InChI=1S/C21H20FN3/c1-4-5-21(24-16(3)23-19-9-6-15(2)7-10-19)25-13-12-17-14-18(22)8-11-20(17)25/h4-14,23H,3H2,1-2H3/b5-4-,24-21+. The molecule has 3 nitrogen and oxygen atoms in total. The first-order valence-corrected chi connectivity index (χ1v) is 8.08. The quantitative estimate of drug-likeness (QED) is 0.496. The molecule has 0 spiro atoms. The van der Waals surface area contributed by atoms with Crippen molar-refractivity contribution in [3.63, 3.8) is 0 Å². The Morgan fingerprint density at radius 3 is 2.64 bits per heavy atom. The van der Waals surface area contributed by atoms with Gasteiger partial charge in [0.2, 0.25) is 0 Å². The smallest absolute Gasteiger partial charge is 0.139 e. The first-order chi connectivity index (χ1) is 12.1. The maximum atomic E-state index is 13.4. The van der Waals surface area contributed by atoms with E-state index >= 15 is 0 Å². The molecule has 4 heteroatoms. The van der Waals surface area contributed by atoms with Crippen molar-refractivity contribution in [1.82, 2.24) is 4.57 Å². The molecule has 0 aliphatic carbocycles. The lowest BCUT2D eigenvalue weighted by atomic mass is 10.2. The van der Waals surface area contributed by atoms with Gasteiger partial charge in [-0.3, -0.25) is 0 Å². The Labute approximate surface area is 146 Å². The summed E-state index contributed by atoms with van der Waals surface area (Å²) < 4.78 is 15.3. The minimum Gasteiger partial charge on any atom is -0.341 e. The first kappa shape index (κ1) is 16.7. The lowest BCUT2D eigenvalue weighted by Gasteiger charge is -2.09. The van der Waals surface area contributed by atoms with Gasteiger partial charge in [-0.05, 0) is 56.3 Å². The van der Waals surface area contributed by atoms with Crippen LogP contribution in [0.2, 0.25) is 0 Å². The van der Waals surface area contributed by atoms with Crippen molar-refractivity contribution in [1.29, 1.82) is 0 Å². The number of hydrogen-bond donors (Lipinski definition) is 1. The summed E-state index contributed by atoms with van der Waals surface area (Å²) in [5.74, 6) is 0.981. The van der Waals surface area contributed by atoms with Crippen molar-refractivity contribution in [3.8, 4) is 0 Å². The average molecular weight is 333 g/mol. The molecule has 126 valence electrons. The second-order valence-corrected chi connectivity index (χ2v) is 5.80. The third-order valence-electron chi connectivity index (χ3n) is 3.80. The number of nitrogens with zero attached hydrogens (tertiary/aromatic N) is 2. The number of aryl methyl sites for hydroxylation is 1. The van der Waals surface area contributed by atoms with E-state index < -0.39 is 0 Å². The van der Waals surface area contributed by atoms with Gasteiger partial charge in [-0.25, -0.2) is 9.38 Å². The van der Waals surface area contributed by atoms with Crippen molar-refractivity contribution >= 4 is 22.4 Å². The summed E-state index contributed by atoms with van der Waals surface area (Å²) in [4.78, 5) is 4.59. The van der Waals surface area contributed by atoms with Gasteiger partial charge in [-0.15, -0.1) is 0 Å². The fourth-order valence-corrected chi connectivity index (χ4v) is 2.60. The first-order valence-electron chi connectivity index (χ1n) is 8.08. The number of aliphatic imine (C=N–C) groups is 1. The van der Waals surface area contributed by atoms with E-state index in [0.29, 0.717) is 11.7 Å². The molecule has 2 aromatic carbocycles. The van der Waals surface area contributed by atoms with Crippen LogP contribution in [0.15, 0.2) is 84.3 Å². The maximum absolute atomic E-state index is 13.4. The molecule has 0 aliphatic heterocycles. The fraction of sp³-hybridized carbons (Fsp3) is 0.0952. The van der Waals surface area contributed by atoms with Crippen LogP contribution in [0.25, 0.3) is 10.9 Å². The van der Waals surface area contributed by atoms with Crippen LogP contribution in [0, 0.1) is 12.7 Å². The SMILES string of the molecule is C=C(/N=C(\C=C/C)n1ccc2cc(F)ccc21)Nc1ccc(C)cc1. The summed E-state index contributed by atoms with van der Waals surface area (Å²) >= 11 is 0. The zero-order valence-electron chi connectivity index (χ0n) is 14.3. The van der Waals surface area contributed by atoms with Gasteiger partial charge in [0.1, 0.15) is 17.5 Å². The molecule has 3 aromatic rings. The van der Waals surface area contributed by atoms with E-state index in [0.717, 1.165) is 16.6 Å². The molecule has 1 aromatic heterocycles. The van der Waals surface area contributed by atoms with Crippen molar-refractivity contribution in [2.24, 2.45) is 4.99 Å². The number of nitrogens with one attached hydrogen (secondary N) is 1. The van der Waals surface area contributed by atoms with E-state index in [9.17, 15) is 4.39 Å². The predicted molar refractivity (Wildman–Crippen MR) is 103 cm³/mol. The van der Waals surface area contributed by atoms with E-state index in [4.69, 9.17) is 0 Å². The molecule has 0 saturated carbocycles. The third-order valence-corrected chi connectivity index (χ3v) is 3.80. The van der Waals surface area contributed by atoms with Crippen LogP contribution in [0.3, 0.4) is 0 Å². The highest BCUT2D eigenvalue weighted by molar-refractivity contribution is 6.02. The molecule has 1 heterocycles. The predicted octanol–water partition coefficient (Wildman–Crippen LogP) is 5.49. The van der Waals surface area contributed by atoms with Gasteiger partial charge in [0, 0.05) is 17.3 Å². The zero-order valence-corrected chi connectivity index (χ0v) is 14.3. The highest BCUT2D eigenvalue weighted by atomic mass is 19.1. The fourth-order valence-electron chi connectivity index (χ4n) is 2.60. The lowest BCUT2D eigenvalue weighted by Crippen LogP contribution is -2.09. The summed E-state index contributed by atoms with van der Waals surface area (Å²) in [6, 6.07) is 14.6. The summed E-state index contributed by atoms with van der Waals surface area (Å²) in [5.41, 5.74) is 3.01. The number of hydrogen-bond acceptors (Lipinski definition) is 2. The average Bonchev–Trinajstić information content (AvgIpc) is 2.99. The summed E-state index contributed by atoms with van der Waals surface area (Å²) in [6.07, 6.45) is 5.68. The molecule has 1 N–H and O–H groups in total. The third kappa shape index (κ3) is 3.86. The van der Waals surface area contributed by atoms with E-state index in [1.165, 1.54) is 17.7 Å². The van der Waals surface area contributed by atoms with Gasteiger partial charge in [0.05, 0.1) is 5.52 Å². The molecule has 0 unspecified atom stereocenters. The molecular weight excluding hydrogens is 313 g/mol. The van der Waals surface area contributed by atoms with Crippen LogP contribution >= 0.6 is 0 Å². The minimum absolute atomic E-state index is 0.250. The molecule has 0 aliphatic rings. The van der Waals surface area contributed by atoms with Gasteiger partial charge in [0.25, 0.3) is 0 Å². The summed E-state index contributed by atoms with van der Waals surface area (Å²) in [7, 11) is 0. The van der Waals surface area contributed by atoms with Crippen LogP contribution in [-0.4, -0.2) is 10.4 Å². The Balaban J connectivity index is 1.92. The van der Waals surface area contributed by atoms with Crippen LogP contribution in [0.1, 0.15) is 12.5 Å². The molecular formula is C21H20FN3. The largest absolute Gasteiger partial charge is 0.341 e. The molecule has 0 radical (unpaired) electrons. The molecule has 0 fully saturated rings. The Morgan fingerprint density at radius 1 is 1.16 bits per heavy atom. The van der Waals surface area contributed by atoms with Crippen molar-refractivity contribution in [2.75, 3.05) is 5.32 Å². The van der Waals surface area contributed by atoms with Gasteiger partial charge < -0.3 is 9.88 Å². The Hall–Kier alpha value is -3.14. The number of rotatable bonds is 4. The van der Waals surface area contributed by atoms with Crippen LogP contribution in [0.4, 0.5) is 10.1 Å². The molecule has 0 saturated heterocycles. The van der Waals surface area contributed by atoms with E-state index in [-0.39, 0.29) is 5.82 Å². The highest BCUT2D eigenvalue weighted by Crippen LogP contribution is 2.18. The summed E-state index contributed by atoms with van der Waals surface area (Å²) in [6.45, 7) is 7.96. The second-order valence-electron chi connectivity index (χ2n) is 5.80. The van der Waals surface area contributed by atoms with Crippen LogP contribution < -0.4 is 5.32 Å². The van der Waals surface area contributed by atoms with E-state index in [1.54, 1.807) is 6.07 Å². The topological polar surface area (TPSA) is 29.3 Å². The molecule has 0 amide bonds. The molecule has 0 atom stereocenters. The zero-order chi connectivity index (χ0) is 17.8. The van der Waals surface area contributed by atoms with Crippen molar-refractivity contribution < 1.29 is 4.39 Å². The van der Waals surface area contributed by atoms with Gasteiger partial charge >= 0.3 is 0 Å². The number of fused-ring (bicyclic) bond motifs is 1. The number of allylic oxidation sites excluding steroid dienone is 2. The molecule has 25 heavy (non-hydrogen) atoms. The Bertz CT molecular complexity index is 962. The van der Waals surface area contributed by atoms with Crippen LogP contribution in [-0.2, 0) is 0 Å². The number of halogens is 1. The Morgan fingerprint density at radius 2 is 1.92 bits per heavy atom. The molecule has 0 bridgehead atoms. The lowest BCUT2D eigenvalue weighted by molar-refractivity contribution is 0.629. The Kier molecular flexibility index (Phi) is 4.80. The van der Waals surface area contributed by atoms with Crippen LogP contribution in [0.5, 0.6) is 0 Å². The van der Waals surface area contributed by atoms with E-state index in [2.05, 4.69) is 16.9 Å². The number of aromatic nitrogens is 1.